The number of aromatic nitrogens is 2. The fraction of sp³-hybridized carbons (Fsp3) is 0.0370. The second-order valence-corrected chi connectivity index (χ2v) is 7.28. The van der Waals surface area contributed by atoms with E-state index in [1.54, 1.807) is 12.1 Å². The lowest BCUT2D eigenvalue weighted by molar-refractivity contribution is 0.0735. The van der Waals surface area contributed by atoms with Gasteiger partial charge in [0.2, 0.25) is 0 Å². The number of ether oxygens (including phenoxy) is 1. The summed E-state index contributed by atoms with van der Waals surface area (Å²) < 4.78 is 7.73. The molecule has 5 aromatic rings. The van der Waals surface area contributed by atoms with Crippen LogP contribution in [0.15, 0.2) is 109 Å². The van der Waals surface area contributed by atoms with Crippen LogP contribution < -0.4 is 4.74 Å². The van der Waals surface area contributed by atoms with Crippen molar-refractivity contribution < 1.29 is 9.53 Å². The maximum atomic E-state index is 12.3. The second kappa shape index (κ2) is 8.28. The first-order valence-corrected chi connectivity index (χ1v) is 10.1. The Hall–Kier alpha value is -4.18. The molecule has 150 valence electrons. The zero-order valence-electron chi connectivity index (χ0n) is 16.8. The molecule has 0 amide bonds. The average molecular weight is 404 g/mol. The number of esters is 1. The quantitative estimate of drug-likeness (QED) is 0.268. The van der Waals surface area contributed by atoms with Crippen molar-refractivity contribution in [3.63, 3.8) is 0 Å². The van der Waals surface area contributed by atoms with Gasteiger partial charge in [0.15, 0.2) is 0 Å². The number of hydrogen-bond acceptors (Lipinski definition) is 3. The molecule has 0 unspecified atom stereocenters. The van der Waals surface area contributed by atoms with Crippen molar-refractivity contribution in [1.82, 2.24) is 9.55 Å². The molecule has 0 saturated carbocycles. The zero-order chi connectivity index (χ0) is 21.0. The standard InChI is InChI=1S/C27H20N2O2/c30-27(22-11-5-2-6-12-22)31-23-17-15-21(16-18-23)26-28-24-13-7-8-14-25(24)29(26)19-20-9-3-1-4-10-20/h1-18H,19H2. The smallest absolute Gasteiger partial charge is 0.343 e. The van der Waals surface area contributed by atoms with Crippen LogP contribution in [0.1, 0.15) is 15.9 Å². The summed E-state index contributed by atoms with van der Waals surface area (Å²) in [7, 11) is 0. The van der Waals surface area contributed by atoms with E-state index in [0.29, 0.717) is 11.3 Å². The number of carbonyl (C=O) groups excluding carboxylic acids is 1. The van der Waals surface area contributed by atoms with E-state index in [4.69, 9.17) is 9.72 Å². The van der Waals surface area contributed by atoms with Gasteiger partial charge in [0.05, 0.1) is 16.6 Å². The maximum absolute atomic E-state index is 12.3. The zero-order valence-corrected chi connectivity index (χ0v) is 16.8. The molecular formula is C27H20N2O2. The molecule has 4 nitrogen and oxygen atoms in total. The fourth-order valence-corrected chi connectivity index (χ4v) is 3.63. The molecule has 0 aliphatic heterocycles. The van der Waals surface area contributed by atoms with Crippen molar-refractivity contribution in [3.05, 3.63) is 120 Å². The number of carbonyl (C=O) groups is 1. The van der Waals surface area contributed by atoms with Crippen LogP contribution in [0.3, 0.4) is 0 Å². The molecule has 0 atom stereocenters. The SMILES string of the molecule is O=C(Oc1ccc(-c2nc3ccccc3n2Cc2ccccc2)cc1)c1ccccc1. The largest absolute Gasteiger partial charge is 0.423 e. The molecule has 0 saturated heterocycles. The van der Waals surface area contributed by atoms with Crippen LogP contribution >= 0.6 is 0 Å². The predicted molar refractivity (Wildman–Crippen MR) is 122 cm³/mol. The third-order valence-electron chi connectivity index (χ3n) is 5.17. The monoisotopic (exact) mass is 404 g/mol. The number of benzene rings is 4. The summed E-state index contributed by atoms with van der Waals surface area (Å²) in [5.74, 6) is 1.01. The van der Waals surface area contributed by atoms with E-state index in [1.807, 2.05) is 78.9 Å². The van der Waals surface area contributed by atoms with Gasteiger partial charge in [-0.05, 0) is 54.1 Å². The molecule has 0 aliphatic carbocycles. The predicted octanol–water partition coefficient (Wildman–Crippen LogP) is 5.97. The Bertz CT molecular complexity index is 1320. The minimum Gasteiger partial charge on any atom is -0.423 e. The summed E-state index contributed by atoms with van der Waals surface area (Å²) in [6.07, 6.45) is 0. The van der Waals surface area contributed by atoms with Gasteiger partial charge in [0.1, 0.15) is 11.6 Å². The van der Waals surface area contributed by atoms with Crippen LogP contribution in [0, 0.1) is 0 Å². The topological polar surface area (TPSA) is 44.1 Å². The Morgan fingerprint density at radius 1 is 0.742 bits per heavy atom. The van der Waals surface area contributed by atoms with Crippen molar-refractivity contribution in [1.29, 1.82) is 0 Å². The molecule has 0 fully saturated rings. The lowest BCUT2D eigenvalue weighted by Gasteiger charge is -2.10. The van der Waals surface area contributed by atoms with Crippen LogP contribution in [0.25, 0.3) is 22.4 Å². The maximum Gasteiger partial charge on any atom is 0.343 e. The van der Waals surface area contributed by atoms with Crippen LogP contribution in [0.5, 0.6) is 5.75 Å². The molecule has 1 aromatic heterocycles. The van der Waals surface area contributed by atoms with Gasteiger partial charge in [-0.1, -0.05) is 60.7 Å². The molecule has 0 N–H and O–H groups in total. The summed E-state index contributed by atoms with van der Waals surface area (Å²) in [5, 5.41) is 0. The third kappa shape index (κ3) is 3.96. The Balaban J connectivity index is 1.46. The van der Waals surface area contributed by atoms with E-state index in [2.05, 4.69) is 22.8 Å². The number of fused-ring (bicyclic) bond motifs is 1. The molecular weight excluding hydrogens is 384 g/mol. The minimum absolute atomic E-state index is 0.371. The van der Waals surface area contributed by atoms with Crippen molar-refractivity contribution in [2.75, 3.05) is 0 Å². The highest BCUT2D eigenvalue weighted by Gasteiger charge is 2.14. The van der Waals surface area contributed by atoms with E-state index in [9.17, 15) is 4.79 Å². The summed E-state index contributed by atoms with van der Waals surface area (Å²) in [6, 6.07) is 35.0. The molecule has 0 aliphatic rings. The van der Waals surface area contributed by atoms with Gasteiger partial charge in [-0.15, -0.1) is 0 Å². The van der Waals surface area contributed by atoms with Crippen LogP contribution in [0.4, 0.5) is 0 Å². The van der Waals surface area contributed by atoms with Crippen LogP contribution in [-0.2, 0) is 6.54 Å². The average Bonchev–Trinajstić information content (AvgIpc) is 3.19. The van der Waals surface area contributed by atoms with Gasteiger partial charge in [0, 0.05) is 12.1 Å². The Morgan fingerprint density at radius 2 is 1.39 bits per heavy atom. The van der Waals surface area contributed by atoms with Gasteiger partial charge < -0.3 is 9.30 Å². The lowest BCUT2D eigenvalue weighted by atomic mass is 10.2. The van der Waals surface area contributed by atoms with Crippen molar-refractivity contribution >= 4 is 17.0 Å². The van der Waals surface area contributed by atoms with Crippen molar-refractivity contribution in [2.45, 2.75) is 6.54 Å². The van der Waals surface area contributed by atoms with Crippen LogP contribution in [0.2, 0.25) is 0 Å². The molecule has 0 spiro atoms. The normalized spacial score (nSPS) is 10.8. The van der Waals surface area contributed by atoms with Gasteiger partial charge >= 0.3 is 5.97 Å². The summed E-state index contributed by atoms with van der Waals surface area (Å²) in [4.78, 5) is 17.2. The van der Waals surface area contributed by atoms with E-state index < -0.39 is 0 Å². The highest BCUT2D eigenvalue weighted by Crippen LogP contribution is 2.27. The molecule has 0 radical (unpaired) electrons. The first kappa shape index (κ1) is 18.8. The summed E-state index contributed by atoms with van der Waals surface area (Å²) >= 11 is 0. The molecule has 4 heteroatoms. The molecule has 1 heterocycles. The van der Waals surface area contributed by atoms with E-state index in [0.717, 1.165) is 29.0 Å². The Labute approximate surface area is 180 Å². The molecule has 4 aromatic carbocycles. The summed E-state index contributed by atoms with van der Waals surface area (Å²) in [5.41, 5.74) is 4.73. The lowest BCUT2D eigenvalue weighted by Crippen LogP contribution is -2.08. The Morgan fingerprint density at radius 3 is 2.13 bits per heavy atom. The first-order chi connectivity index (χ1) is 15.3. The molecule has 31 heavy (non-hydrogen) atoms. The van der Waals surface area contributed by atoms with E-state index >= 15 is 0 Å². The molecule has 0 bridgehead atoms. The fourth-order valence-electron chi connectivity index (χ4n) is 3.63. The minimum atomic E-state index is -0.371. The first-order valence-electron chi connectivity index (χ1n) is 10.1. The number of nitrogens with zero attached hydrogens (tertiary/aromatic N) is 2. The van der Waals surface area contributed by atoms with Gasteiger partial charge in [-0.3, -0.25) is 0 Å². The van der Waals surface area contributed by atoms with E-state index in [-0.39, 0.29) is 5.97 Å². The Kier molecular flexibility index (Phi) is 5.03. The number of para-hydroxylation sites is 2. The van der Waals surface area contributed by atoms with Crippen LogP contribution in [-0.4, -0.2) is 15.5 Å². The van der Waals surface area contributed by atoms with Gasteiger partial charge in [-0.25, -0.2) is 9.78 Å². The van der Waals surface area contributed by atoms with Crippen molar-refractivity contribution in [3.8, 4) is 17.1 Å². The van der Waals surface area contributed by atoms with Gasteiger partial charge in [0.25, 0.3) is 0 Å². The summed E-state index contributed by atoms with van der Waals surface area (Å²) in [6.45, 7) is 0.724. The van der Waals surface area contributed by atoms with Gasteiger partial charge in [-0.2, -0.15) is 0 Å². The molecule has 5 rings (SSSR count). The number of hydrogen-bond donors (Lipinski definition) is 0. The number of imidazole rings is 1. The van der Waals surface area contributed by atoms with Crippen molar-refractivity contribution in [2.24, 2.45) is 0 Å². The number of rotatable bonds is 5. The third-order valence-corrected chi connectivity index (χ3v) is 5.17. The second-order valence-electron chi connectivity index (χ2n) is 7.28. The van der Waals surface area contributed by atoms with E-state index in [1.165, 1.54) is 5.56 Å². The highest BCUT2D eigenvalue weighted by atomic mass is 16.5. The highest BCUT2D eigenvalue weighted by molar-refractivity contribution is 5.91.